The van der Waals surface area contributed by atoms with Crippen molar-refractivity contribution in [1.29, 1.82) is 0 Å². The lowest BCUT2D eigenvalue weighted by Gasteiger charge is -2.09. The summed E-state index contributed by atoms with van der Waals surface area (Å²) in [5, 5.41) is 1.52. The molecule has 0 aliphatic heterocycles. The van der Waals surface area contributed by atoms with Crippen molar-refractivity contribution in [2.45, 2.75) is 78.1 Å². The highest BCUT2D eigenvalue weighted by molar-refractivity contribution is 5.89. The van der Waals surface area contributed by atoms with Gasteiger partial charge in [0.1, 0.15) is 5.82 Å². The van der Waals surface area contributed by atoms with Gasteiger partial charge in [-0.1, -0.05) is 119 Å². The molecule has 0 aliphatic rings. The maximum atomic E-state index is 15.5. The summed E-state index contributed by atoms with van der Waals surface area (Å²) in [5.74, 6) is 6.36. The van der Waals surface area contributed by atoms with Crippen LogP contribution in [0.15, 0.2) is 78.9 Å². The molecule has 0 amide bonds. The van der Waals surface area contributed by atoms with Crippen LogP contribution in [-0.4, -0.2) is 0 Å². The van der Waals surface area contributed by atoms with Crippen LogP contribution in [0.3, 0.4) is 0 Å². The van der Waals surface area contributed by atoms with E-state index in [1.165, 1.54) is 62.5 Å². The smallest absolute Gasteiger partial charge is 0.138 e. The van der Waals surface area contributed by atoms with Gasteiger partial charge < -0.3 is 0 Å². The van der Waals surface area contributed by atoms with Gasteiger partial charge in [-0.2, -0.15) is 0 Å². The molecule has 0 N–H and O–H groups in total. The van der Waals surface area contributed by atoms with Crippen LogP contribution in [0.4, 0.5) is 4.39 Å². The first-order chi connectivity index (χ1) is 18.2. The molecule has 0 aliphatic carbocycles. The Morgan fingerprint density at radius 3 is 1.76 bits per heavy atom. The summed E-state index contributed by atoms with van der Waals surface area (Å²) in [5.41, 5.74) is 6.18. The van der Waals surface area contributed by atoms with Crippen molar-refractivity contribution in [3.8, 4) is 23.0 Å². The van der Waals surface area contributed by atoms with E-state index in [4.69, 9.17) is 0 Å². The number of rotatable bonds is 11. The molecule has 0 unspecified atom stereocenters. The number of unbranched alkanes of at least 4 members (excludes halogenated alkanes) is 6. The standard InChI is InChI=1S/C36H39F/c1-3-5-7-9-11-28-13-15-30(16-14-28)17-18-31-21-25-35-33(27-31)24-26-34(36(35)37)32-22-19-29(20-23-32)12-10-8-6-4-2/h13-16,19-27H,3-12H2,1-2H3. The van der Waals surface area contributed by atoms with Crippen LogP contribution in [0, 0.1) is 17.7 Å². The molecular weight excluding hydrogens is 451 g/mol. The number of hydrogen-bond acceptors (Lipinski definition) is 0. The van der Waals surface area contributed by atoms with Gasteiger partial charge in [0.25, 0.3) is 0 Å². The number of hydrogen-bond donors (Lipinski definition) is 0. The van der Waals surface area contributed by atoms with E-state index in [9.17, 15) is 0 Å². The van der Waals surface area contributed by atoms with E-state index < -0.39 is 0 Å². The minimum atomic E-state index is -0.165. The maximum Gasteiger partial charge on any atom is 0.138 e. The minimum absolute atomic E-state index is 0.165. The van der Waals surface area contributed by atoms with Gasteiger partial charge in [-0.05, 0) is 72.0 Å². The molecule has 0 aromatic heterocycles. The quantitative estimate of drug-likeness (QED) is 0.145. The summed E-state index contributed by atoms with van der Waals surface area (Å²) in [6.07, 6.45) is 12.4. The van der Waals surface area contributed by atoms with Crippen molar-refractivity contribution in [3.05, 3.63) is 107 Å². The van der Waals surface area contributed by atoms with Crippen LogP contribution in [-0.2, 0) is 12.8 Å². The summed E-state index contributed by atoms with van der Waals surface area (Å²) in [6, 6.07) is 26.6. The van der Waals surface area contributed by atoms with Gasteiger partial charge >= 0.3 is 0 Å². The van der Waals surface area contributed by atoms with E-state index in [0.29, 0.717) is 10.9 Å². The zero-order valence-electron chi connectivity index (χ0n) is 22.5. The molecule has 4 aromatic carbocycles. The minimum Gasteiger partial charge on any atom is -0.206 e. The zero-order chi connectivity index (χ0) is 25.9. The SMILES string of the molecule is CCCCCCc1ccc(C#Cc2ccc3c(F)c(-c4ccc(CCCCCC)cc4)ccc3c2)cc1. The predicted molar refractivity (Wildman–Crippen MR) is 157 cm³/mol. The van der Waals surface area contributed by atoms with Gasteiger partial charge in [0.2, 0.25) is 0 Å². The Morgan fingerprint density at radius 2 is 1.14 bits per heavy atom. The lowest BCUT2D eigenvalue weighted by Crippen LogP contribution is -1.90. The lowest BCUT2D eigenvalue weighted by molar-refractivity contribution is 0.643. The molecule has 0 nitrogen and oxygen atoms in total. The summed E-state index contributed by atoms with van der Waals surface area (Å²) >= 11 is 0. The van der Waals surface area contributed by atoms with E-state index in [-0.39, 0.29) is 5.82 Å². The van der Waals surface area contributed by atoms with Crippen LogP contribution in [0.2, 0.25) is 0 Å². The fraction of sp³-hybridized carbons (Fsp3) is 0.333. The van der Waals surface area contributed by atoms with Crippen LogP contribution < -0.4 is 0 Å². The molecule has 37 heavy (non-hydrogen) atoms. The van der Waals surface area contributed by atoms with Gasteiger partial charge in [-0.3, -0.25) is 0 Å². The average Bonchev–Trinajstić information content (AvgIpc) is 2.94. The van der Waals surface area contributed by atoms with Gasteiger partial charge in [0.15, 0.2) is 0 Å². The van der Waals surface area contributed by atoms with Crippen LogP contribution in [0.5, 0.6) is 0 Å². The van der Waals surface area contributed by atoms with Crippen molar-refractivity contribution in [2.24, 2.45) is 0 Å². The molecule has 4 rings (SSSR count). The fourth-order valence-corrected chi connectivity index (χ4v) is 4.85. The van der Waals surface area contributed by atoms with Crippen LogP contribution in [0.1, 0.15) is 87.5 Å². The van der Waals surface area contributed by atoms with E-state index >= 15 is 4.39 Å². The van der Waals surface area contributed by atoms with Gasteiger partial charge in [-0.15, -0.1) is 0 Å². The summed E-state index contributed by atoms with van der Waals surface area (Å²) < 4.78 is 15.5. The Morgan fingerprint density at radius 1 is 0.568 bits per heavy atom. The van der Waals surface area contributed by atoms with Crippen molar-refractivity contribution in [3.63, 3.8) is 0 Å². The predicted octanol–water partition coefficient (Wildman–Crippen LogP) is 10.3. The van der Waals surface area contributed by atoms with E-state index in [1.807, 2.05) is 30.3 Å². The van der Waals surface area contributed by atoms with Crippen molar-refractivity contribution >= 4 is 10.8 Å². The van der Waals surface area contributed by atoms with Crippen molar-refractivity contribution in [2.75, 3.05) is 0 Å². The molecule has 0 fully saturated rings. The number of fused-ring (bicyclic) bond motifs is 1. The third-order valence-electron chi connectivity index (χ3n) is 7.16. The maximum absolute atomic E-state index is 15.5. The molecule has 190 valence electrons. The summed E-state index contributed by atoms with van der Waals surface area (Å²) in [6.45, 7) is 4.48. The fourth-order valence-electron chi connectivity index (χ4n) is 4.85. The van der Waals surface area contributed by atoms with Crippen LogP contribution in [0.25, 0.3) is 21.9 Å². The first-order valence-corrected chi connectivity index (χ1v) is 14.1. The highest BCUT2D eigenvalue weighted by Gasteiger charge is 2.10. The first kappa shape index (κ1) is 26.7. The normalized spacial score (nSPS) is 10.9. The Hall–Kier alpha value is -3.37. The lowest BCUT2D eigenvalue weighted by atomic mass is 9.97. The number of halogens is 1. The molecule has 0 radical (unpaired) electrons. The Balaban J connectivity index is 1.43. The van der Waals surface area contributed by atoms with Crippen molar-refractivity contribution in [1.82, 2.24) is 0 Å². The summed E-state index contributed by atoms with van der Waals surface area (Å²) in [7, 11) is 0. The second kappa shape index (κ2) is 13.8. The second-order valence-electron chi connectivity index (χ2n) is 10.1. The number of benzene rings is 4. The topological polar surface area (TPSA) is 0 Å². The Bertz CT molecular complexity index is 1330. The van der Waals surface area contributed by atoms with Crippen LogP contribution >= 0.6 is 0 Å². The molecule has 0 saturated carbocycles. The van der Waals surface area contributed by atoms with Crippen molar-refractivity contribution < 1.29 is 4.39 Å². The van der Waals surface area contributed by atoms with E-state index in [2.05, 4.69) is 74.2 Å². The van der Waals surface area contributed by atoms with Gasteiger partial charge in [0.05, 0.1) is 0 Å². The van der Waals surface area contributed by atoms with Gasteiger partial charge in [0, 0.05) is 22.1 Å². The Kier molecular flexibility index (Phi) is 9.96. The third-order valence-corrected chi connectivity index (χ3v) is 7.16. The van der Waals surface area contributed by atoms with E-state index in [0.717, 1.165) is 34.9 Å². The average molecular weight is 491 g/mol. The second-order valence-corrected chi connectivity index (χ2v) is 10.1. The number of aryl methyl sites for hydroxylation is 2. The molecule has 0 spiro atoms. The van der Waals surface area contributed by atoms with Gasteiger partial charge in [-0.25, -0.2) is 4.39 Å². The monoisotopic (exact) mass is 490 g/mol. The molecule has 0 saturated heterocycles. The summed E-state index contributed by atoms with van der Waals surface area (Å²) in [4.78, 5) is 0. The zero-order valence-corrected chi connectivity index (χ0v) is 22.5. The molecule has 0 heterocycles. The largest absolute Gasteiger partial charge is 0.206 e. The molecule has 0 atom stereocenters. The molecular formula is C36H39F. The molecule has 4 aromatic rings. The molecule has 1 heteroatoms. The Labute approximate surface area is 223 Å². The first-order valence-electron chi connectivity index (χ1n) is 14.1. The third kappa shape index (κ3) is 7.56. The van der Waals surface area contributed by atoms with E-state index in [1.54, 1.807) is 0 Å². The molecule has 0 bridgehead atoms. The highest BCUT2D eigenvalue weighted by atomic mass is 19.1. The highest BCUT2D eigenvalue weighted by Crippen LogP contribution is 2.30.